The maximum absolute atomic E-state index is 4.25. The summed E-state index contributed by atoms with van der Waals surface area (Å²) in [4.78, 5) is 9.18. The van der Waals surface area contributed by atoms with Crippen molar-refractivity contribution >= 4 is 57.4 Å². The third kappa shape index (κ3) is 12.8. The number of aliphatic imine (C=N–C) groups is 1. The van der Waals surface area contributed by atoms with Gasteiger partial charge in [-0.05, 0) is 94.3 Å². The second-order valence-electron chi connectivity index (χ2n) is 10.3. The summed E-state index contributed by atoms with van der Waals surface area (Å²) in [7, 11) is 3.97. The molecule has 0 aliphatic carbocycles. The number of aryl methyl sites for hydroxylation is 1. The van der Waals surface area contributed by atoms with Crippen LogP contribution in [0.25, 0.3) is 18.2 Å². The number of hydrogen-bond donors (Lipinski definition) is 0. The molecule has 44 heavy (non-hydrogen) atoms. The first kappa shape index (κ1) is 35.3. The van der Waals surface area contributed by atoms with Crippen molar-refractivity contribution in [2.45, 2.75) is 47.1 Å². The molecule has 0 N–H and O–H groups in total. The molecular weight excluding hydrogens is 577 g/mol. The van der Waals surface area contributed by atoms with Crippen LogP contribution in [0.2, 0.25) is 0 Å². The normalized spacial score (nSPS) is 11.9. The largest absolute Gasteiger partial charge is 0.371 e. The van der Waals surface area contributed by atoms with Crippen LogP contribution >= 0.6 is 21.6 Å². The van der Waals surface area contributed by atoms with Gasteiger partial charge >= 0.3 is 0 Å². The molecule has 0 saturated carbocycles. The zero-order valence-electron chi connectivity index (χ0n) is 27.1. The molecule has 3 rings (SSSR count). The van der Waals surface area contributed by atoms with Crippen LogP contribution in [0.4, 0.5) is 11.4 Å². The quantitative estimate of drug-likeness (QED) is 0.0409. The number of aromatic nitrogens is 1. The van der Waals surface area contributed by atoms with E-state index in [4.69, 9.17) is 0 Å². The van der Waals surface area contributed by atoms with Gasteiger partial charge in [0.05, 0.1) is 0 Å². The Kier molecular flexibility index (Phi) is 17.2. The highest BCUT2D eigenvalue weighted by molar-refractivity contribution is 8.76. The molecule has 0 amide bonds. The van der Waals surface area contributed by atoms with Crippen molar-refractivity contribution in [1.29, 1.82) is 0 Å². The molecule has 0 radical (unpaired) electrons. The molecule has 0 spiro atoms. The van der Waals surface area contributed by atoms with Crippen LogP contribution in [0.15, 0.2) is 96.1 Å². The molecule has 0 fully saturated rings. The molecule has 1 heterocycles. The third-order valence-corrected chi connectivity index (χ3v) is 9.69. The summed E-state index contributed by atoms with van der Waals surface area (Å²) in [6, 6.07) is 24.2. The fourth-order valence-corrected chi connectivity index (χ4v) is 6.77. The number of hydrogen-bond acceptors (Lipinski definition) is 5. The van der Waals surface area contributed by atoms with Gasteiger partial charge in [0.2, 0.25) is 5.69 Å². The van der Waals surface area contributed by atoms with Gasteiger partial charge in [0.1, 0.15) is 6.54 Å². The van der Waals surface area contributed by atoms with Gasteiger partial charge < -0.3 is 9.80 Å². The van der Waals surface area contributed by atoms with Crippen LogP contribution in [0, 0.1) is 0 Å². The van der Waals surface area contributed by atoms with Crippen molar-refractivity contribution in [3.05, 3.63) is 108 Å². The predicted molar refractivity (Wildman–Crippen MR) is 201 cm³/mol. The summed E-state index contributed by atoms with van der Waals surface area (Å²) in [5.74, 6) is 2.22. The minimum atomic E-state index is 0.871. The van der Waals surface area contributed by atoms with Gasteiger partial charge in [0.25, 0.3) is 0 Å². The van der Waals surface area contributed by atoms with E-state index in [2.05, 4.69) is 156 Å². The molecule has 2 aromatic carbocycles. The standard InChI is InChI=1S/C38H51N4S2/c1-5-39-28-14-11-9-10-12-16-34-18-24-37(25-19-34)41(7-3)30-32-43-44-33-31-42(8-4)38-26-21-35(22-27-38)20-23-36-17-13-15-29-40(36)6-2/h9-10,12-13,15-29H,5-8,11,14,30-33H2,1-4H3/q+1/b10-9+,16-12+,39-28?. The molecule has 1 aromatic heterocycles. The highest BCUT2D eigenvalue weighted by atomic mass is 33.1. The Morgan fingerprint density at radius 2 is 1.30 bits per heavy atom. The zero-order valence-corrected chi connectivity index (χ0v) is 28.8. The Labute approximate surface area is 275 Å². The lowest BCUT2D eigenvalue weighted by Crippen LogP contribution is -2.34. The number of allylic oxidation sites excluding steroid dienone is 3. The van der Waals surface area contributed by atoms with Crippen molar-refractivity contribution in [2.75, 3.05) is 54.0 Å². The first-order chi connectivity index (χ1) is 21.7. The Bertz CT molecular complexity index is 1310. The second kappa shape index (κ2) is 21.5. The summed E-state index contributed by atoms with van der Waals surface area (Å²) < 4.78 is 2.25. The highest BCUT2D eigenvalue weighted by Crippen LogP contribution is 2.24. The van der Waals surface area contributed by atoms with Crippen molar-refractivity contribution in [1.82, 2.24) is 0 Å². The lowest BCUT2D eigenvalue weighted by atomic mass is 10.1. The average molecular weight is 628 g/mol. The van der Waals surface area contributed by atoms with Gasteiger partial charge in [0, 0.05) is 73.8 Å². The molecule has 0 aliphatic heterocycles. The number of nitrogens with zero attached hydrogens (tertiary/aromatic N) is 4. The molecule has 4 nitrogen and oxygen atoms in total. The van der Waals surface area contributed by atoms with Crippen LogP contribution in [0.5, 0.6) is 0 Å². The topological polar surface area (TPSA) is 22.7 Å². The molecule has 0 atom stereocenters. The Hall–Kier alpha value is -3.22. The van der Waals surface area contributed by atoms with E-state index in [-0.39, 0.29) is 0 Å². The van der Waals surface area contributed by atoms with E-state index in [0.717, 1.165) is 63.6 Å². The molecule has 0 saturated heterocycles. The Balaban J connectivity index is 1.36. The van der Waals surface area contributed by atoms with Crippen molar-refractivity contribution in [3.8, 4) is 0 Å². The fourth-order valence-electron chi connectivity index (χ4n) is 4.79. The third-order valence-electron chi connectivity index (χ3n) is 7.33. The minimum absolute atomic E-state index is 0.871. The smallest absolute Gasteiger partial charge is 0.205 e. The summed E-state index contributed by atoms with van der Waals surface area (Å²) >= 11 is 0. The van der Waals surface area contributed by atoms with Crippen LogP contribution in [0.1, 0.15) is 57.4 Å². The number of pyridine rings is 1. The molecule has 0 unspecified atom stereocenters. The molecular formula is C38H51N4S2+. The van der Waals surface area contributed by atoms with Gasteiger partial charge in [-0.1, -0.05) is 70.2 Å². The molecule has 6 heteroatoms. The molecule has 0 bridgehead atoms. The van der Waals surface area contributed by atoms with Crippen LogP contribution < -0.4 is 14.4 Å². The Morgan fingerprint density at radius 3 is 1.86 bits per heavy atom. The monoisotopic (exact) mass is 627 g/mol. The van der Waals surface area contributed by atoms with Crippen LogP contribution in [-0.4, -0.2) is 50.4 Å². The first-order valence-corrected chi connectivity index (χ1v) is 18.6. The summed E-state index contributed by atoms with van der Waals surface area (Å²) in [5, 5.41) is 0. The van der Waals surface area contributed by atoms with Crippen LogP contribution in [0.3, 0.4) is 0 Å². The van der Waals surface area contributed by atoms with Crippen LogP contribution in [-0.2, 0) is 6.54 Å². The van der Waals surface area contributed by atoms with Gasteiger partial charge in [-0.3, -0.25) is 4.99 Å². The predicted octanol–water partition coefficient (Wildman–Crippen LogP) is 9.34. The average Bonchev–Trinajstić information content (AvgIpc) is 3.07. The van der Waals surface area contributed by atoms with E-state index in [0.29, 0.717) is 0 Å². The van der Waals surface area contributed by atoms with E-state index >= 15 is 0 Å². The second-order valence-corrected chi connectivity index (χ2v) is 13.0. The number of rotatable bonds is 20. The first-order valence-electron chi connectivity index (χ1n) is 16.1. The van der Waals surface area contributed by atoms with Gasteiger partial charge in [0.15, 0.2) is 6.20 Å². The maximum Gasteiger partial charge on any atom is 0.205 e. The number of benzene rings is 2. The van der Waals surface area contributed by atoms with E-state index in [1.165, 1.54) is 28.2 Å². The number of anilines is 2. The summed E-state index contributed by atoms with van der Waals surface area (Å²) in [6.45, 7) is 14.7. The minimum Gasteiger partial charge on any atom is -0.371 e. The summed E-state index contributed by atoms with van der Waals surface area (Å²) in [5.41, 5.74) is 6.27. The lowest BCUT2D eigenvalue weighted by Gasteiger charge is -2.24. The molecule has 0 aliphatic rings. The fraction of sp³-hybridized carbons (Fsp3) is 0.368. The van der Waals surface area contributed by atoms with E-state index < -0.39 is 0 Å². The SMILES string of the molecule is CCN=CCC/C=C/C=C/c1ccc(N(CC)CCSSCCN(CC)c2ccc(/C=C/c3cccc[n+]3CC)cc2)cc1. The molecule has 3 aromatic rings. The zero-order chi connectivity index (χ0) is 31.2. The van der Waals surface area contributed by atoms with E-state index in [1.807, 2.05) is 27.8 Å². The van der Waals surface area contributed by atoms with Gasteiger partial charge in [-0.25, -0.2) is 0 Å². The maximum atomic E-state index is 4.25. The van der Waals surface area contributed by atoms with Gasteiger partial charge in [-0.15, -0.1) is 0 Å². The number of unbranched alkanes of at least 4 members (excludes halogenated alkanes) is 1. The van der Waals surface area contributed by atoms with Crippen molar-refractivity contribution < 1.29 is 4.57 Å². The Morgan fingerprint density at radius 1 is 0.682 bits per heavy atom. The lowest BCUT2D eigenvalue weighted by molar-refractivity contribution is -0.695. The van der Waals surface area contributed by atoms with E-state index in [1.54, 1.807) is 0 Å². The molecule has 234 valence electrons. The van der Waals surface area contributed by atoms with E-state index in [9.17, 15) is 0 Å². The van der Waals surface area contributed by atoms with Crippen molar-refractivity contribution in [3.63, 3.8) is 0 Å². The van der Waals surface area contributed by atoms with Gasteiger partial charge in [-0.2, -0.15) is 4.57 Å². The highest BCUT2D eigenvalue weighted by Gasteiger charge is 2.07. The van der Waals surface area contributed by atoms with Crippen molar-refractivity contribution in [2.24, 2.45) is 4.99 Å². The summed E-state index contributed by atoms with van der Waals surface area (Å²) in [6.07, 6.45) is 19.2.